The second-order valence-corrected chi connectivity index (χ2v) is 4.14. The van der Waals surface area contributed by atoms with E-state index >= 15 is 0 Å². The Morgan fingerprint density at radius 1 is 1.44 bits per heavy atom. The van der Waals surface area contributed by atoms with Crippen molar-refractivity contribution in [2.75, 3.05) is 0 Å². The van der Waals surface area contributed by atoms with Crippen molar-refractivity contribution in [3.05, 3.63) is 24.3 Å². The predicted octanol–water partition coefficient (Wildman–Crippen LogP) is 2.38. The van der Waals surface area contributed by atoms with Gasteiger partial charge in [-0.3, -0.25) is 0 Å². The third kappa shape index (κ3) is 1.43. The molecule has 9 heavy (non-hydrogen) atoms. The minimum absolute atomic E-state index is 0.286. The maximum absolute atomic E-state index is 2.87. The van der Waals surface area contributed by atoms with Gasteiger partial charge < -0.3 is 0 Å². The SMILES string of the molecule is CC1C=CC=CC1(C)P. The van der Waals surface area contributed by atoms with Gasteiger partial charge in [0.25, 0.3) is 0 Å². The average molecular weight is 140 g/mol. The predicted molar refractivity (Wildman–Crippen MR) is 45.6 cm³/mol. The maximum atomic E-state index is 2.87. The van der Waals surface area contributed by atoms with Gasteiger partial charge in [-0.1, -0.05) is 38.2 Å². The zero-order valence-electron chi connectivity index (χ0n) is 5.96. The van der Waals surface area contributed by atoms with Crippen LogP contribution in [0.1, 0.15) is 13.8 Å². The van der Waals surface area contributed by atoms with Crippen molar-refractivity contribution in [3.8, 4) is 0 Å². The molecule has 3 unspecified atom stereocenters. The summed E-state index contributed by atoms with van der Waals surface area (Å²) in [6.07, 6.45) is 8.67. The van der Waals surface area contributed by atoms with E-state index in [0.717, 1.165) is 0 Å². The van der Waals surface area contributed by atoms with Crippen LogP contribution in [0, 0.1) is 5.92 Å². The van der Waals surface area contributed by atoms with E-state index in [4.69, 9.17) is 0 Å². The van der Waals surface area contributed by atoms with E-state index in [1.54, 1.807) is 0 Å². The second kappa shape index (κ2) is 2.27. The summed E-state index contributed by atoms with van der Waals surface area (Å²) in [5.74, 6) is 0.646. The smallest absolute Gasteiger partial charge is 0.00618 e. The van der Waals surface area contributed by atoms with Crippen LogP contribution in [0.25, 0.3) is 0 Å². The van der Waals surface area contributed by atoms with Crippen LogP contribution in [0.4, 0.5) is 0 Å². The molecule has 1 aliphatic carbocycles. The van der Waals surface area contributed by atoms with Gasteiger partial charge in [-0.05, 0) is 5.92 Å². The standard InChI is InChI=1S/C8H13P/c1-7-5-3-4-6-8(7,2)9/h3-7H,9H2,1-2H3. The molecule has 0 saturated carbocycles. The fourth-order valence-corrected chi connectivity index (χ4v) is 1.08. The molecule has 1 heteroatoms. The molecule has 0 aromatic heterocycles. The van der Waals surface area contributed by atoms with Crippen molar-refractivity contribution in [1.29, 1.82) is 0 Å². The molecule has 3 atom stereocenters. The monoisotopic (exact) mass is 140 g/mol. The van der Waals surface area contributed by atoms with Gasteiger partial charge in [-0.25, -0.2) is 0 Å². The summed E-state index contributed by atoms with van der Waals surface area (Å²) in [5, 5.41) is 0.286. The van der Waals surface area contributed by atoms with Gasteiger partial charge >= 0.3 is 0 Å². The number of hydrogen-bond donors (Lipinski definition) is 0. The molecule has 0 aromatic carbocycles. The van der Waals surface area contributed by atoms with E-state index < -0.39 is 0 Å². The Bertz CT molecular complexity index is 154. The first kappa shape index (κ1) is 7.02. The molecule has 0 heterocycles. The van der Waals surface area contributed by atoms with Gasteiger partial charge in [-0.15, -0.1) is 9.24 Å². The van der Waals surface area contributed by atoms with E-state index in [0.29, 0.717) is 5.92 Å². The lowest BCUT2D eigenvalue weighted by atomic mass is 9.91. The Hall–Kier alpha value is -0.0900. The molecule has 0 aromatic rings. The fraction of sp³-hybridized carbons (Fsp3) is 0.500. The summed E-state index contributed by atoms with van der Waals surface area (Å²) in [5.41, 5.74) is 0. The third-order valence-electron chi connectivity index (χ3n) is 1.95. The van der Waals surface area contributed by atoms with Crippen LogP contribution in [0.3, 0.4) is 0 Å². The summed E-state index contributed by atoms with van der Waals surface area (Å²) >= 11 is 0. The van der Waals surface area contributed by atoms with Crippen molar-refractivity contribution in [2.45, 2.75) is 19.0 Å². The number of allylic oxidation sites excluding steroid dienone is 4. The minimum Gasteiger partial charge on any atom is -0.127 e. The topological polar surface area (TPSA) is 0 Å². The highest BCUT2D eigenvalue weighted by Crippen LogP contribution is 2.32. The first-order chi connectivity index (χ1) is 4.13. The van der Waals surface area contributed by atoms with E-state index in [2.05, 4.69) is 47.4 Å². The van der Waals surface area contributed by atoms with Gasteiger partial charge in [0, 0.05) is 5.16 Å². The van der Waals surface area contributed by atoms with Gasteiger partial charge in [0.05, 0.1) is 0 Å². The van der Waals surface area contributed by atoms with Gasteiger partial charge in [0.15, 0.2) is 0 Å². The van der Waals surface area contributed by atoms with Crippen molar-refractivity contribution in [2.24, 2.45) is 5.92 Å². The summed E-state index contributed by atoms with van der Waals surface area (Å²) in [6.45, 7) is 4.45. The zero-order chi connectivity index (χ0) is 6.91. The molecule has 0 fully saturated rings. The Balaban J connectivity index is 2.78. The van der Waals surface area contributed by atoms with E-state index in [1.807, 2.05) is 0 Å². The molecule has 0 radical (unpaired) electrons. The molecule has 1 aliphatic rings. The Labute approximate surface area is 59.2 Å². The van der Waals surface area contributed by atoms with E-state index in [1.165, 1.54) is 0 Å². The third-order valence-corrected chi connectivity index (χ3v) is 2.67. The second-order valence-electron chi connectivity index (χ2n) is 2.90. The first-order valence-corrected chi connectivity index (χ1v) is 3.85. The first-order valence-electron chi connectivity index (χ1n) is 3.28. The van der Waals surface area contributed by atoms with Gasteiger partial charge in [0.1, 0.15) is 0 Å². The minimum atomic E-state index is 0.286. The quantitative estimate of drug-likeness (QED) is 0.453. The number of hydrogen-bond acceptors (Lipinski definition) is 0. The van der Waals surface area contributed by atoms with Gasteiger partial charge in [0.2, 0.25) is 0 Å². The summed E-state index contributed by atoms with van der Waals surface area (Å²) in [4.78, 5) is 0. The van der Waals surface area contributed by atoms with Crippen LogP contribution < -0.4 is 0 Å². The summed E-state index contributed by atoms with van der Waals surface area (Å²) in [6, 6.07) is 0. The van der Waals surface area contributed by atoms with Crippen molar-refractivity contribution < 1.29 is 0 Å². The lowest BCUT2D eigenvalue weighted by Gasteiger charge is -2.27. The van der Waals surface area contributed by atoms with Crippen LogP contribution in [0.15, 0.2) is 24.3 Å². The molecular formula is C8H13P. The largest absolute Gasteiger partial charge is 0.127 e. The highest BCUT2D eigenvalue weighted by atomic mass is 31.0. The summed E-state index contributed by atoms with van der Waals surface area (Å²) < 4.78 is 0. The van der Waals surface area contributed by atoms with Crippen molar-refractivity contribution >= 4 is 9.24 Å². The average Bonchev–Trinajstić information content (AvgIpc) is 1.77. The van der Waals surface area contributed by atoms with Gasteiger partial charge in [-0.2, -0.15) is 0 Å². The van der Waals surface area contributed by atoms with Crippen LogP contribution in [0.5, 0.6) is 0 Å². The molecule has 0 saturated heterocycles. The van der Waals surface area contributed by atoms with E-state index in [-0.39, 0.29) is 5.16 Å². The van der Waals surface area contributed by atoms with E-state index in [9.17, 15) is 0 Å². The molecule has 0 bridgehead atoms. The Morgan fingerprint density at radius 2 is 2.11 bits per heavy atom. The lowest BCUT2D eigenvalue weighted by Crippen LogP contribution is -2.22. The highest BCUT2D eigenvalue weighted by molar-refractivity contribution is 7.19. The van der Waals surface area contributed by atoms with Crippen molar-refractivity contribution in [1.82, 2.24) is 0 Å². The van der Waals surface area contributed by atoms with Crippen LogP contribution in [0.2, 0.25) is 0 Å². The van der Waals surface area contributed by atoms with Crippen LogP contribution in [-0.4, -0.2) is 5.16 Å². The van der Waals surface area contributed by atoms with Crippen LogP contribution >= 0.6 is 9.24 Å². The Kier molecular flexibility index (Phi) is 1.77. The maximum Gasteiger partial charge on any atom is 0.00618 e. The lowest BCUT2D eigenvalue weighted by molar-refractivity contribution is 0.600. The molecule has 50 valence electrons. The fourth-order valence-electron chi connectivity index (χ4n) is 0.853. The zero-order valence-corrected chi connectivity index (χ0v) is 7.12. The van der Waals surface area contributed by atoms with Crippen LogP contribution in [-0.2, 0) is 0 Å². The molecule has 0 N–H and O–H groups in total. The molecule has 0 aliphatic heterocycles. The Morgan fingerprint density at radius 3 is 2.44 bits per heavy atom. The summed E-state index contributed by atoms with van der Waals surface area (Å²) in [7, 11) is 2.87. The molecule has 0 amide bonds. The normalized spacial score (nSPS) is 41.4. The molecular weight excluding hydrogens is 127 g/mol. The molecule has 0 nitrogen and oxygen atoms in total. The number of rotatable bonds is 0. The molecule has 1 rings (SSSR count). The van der Waals surface area contributed by atoms with Crippen molar-refractivity contribution in [3.63, 3.8) is 0 Å². The highest BCUT2D eigenvalue weighted by Gasteiger charge is 2.21. The molecule has 0 spiro atoms.